The topological polar surface area (TPSA) is 83.5 Å². The number of carbonyl (C=O) groups is 1. The number of hydrogen-bond donors (Lipinski definition) is 2. The van der Waals surface area contributed by atoms with Crippen LogP contribution in [0.2, 0.25) is 0 Å². The molecule has 7 heteroatoms. The second kappa shape index (κ2) is 5.38. The van der Waals surface area contributed by atoms with Crippen molar-refractivity contribution in [3.8, 4) is 0 Å². The molecule has 1 atom stereocenters. The fraction of sp³-hybridized carbons (Fsp3) is 0.545. The quantitative estimate of drug-likeness (QED) is 0.867. The lowest BCUT2D eigenvalue weighted by atomic mass is 10.2. The Morgan fingerprint density at radius 2 is 2.28 bits per heavy atom. The molecule has 2 rings (SSSR count). The number of hydrogen-bond acceptors (Lipinski definition) is 5. The summed E-state index contributed by atoms with van der Waals surface area (Å²) in [6, 6.07) is 3.32. The van der Waals surface area contributed by atoms with E-state index < -0.39 is 15.8 Å². The van der Waals surface area contributed by atoms with Gasteiger partial charge < -0.3 is 10.4 Å². The maximum atomic E-state index is 11.5. The molecule has 1 fully saturated rings. The van der Waals surface area contributed by atoms with Crippen molar-refractivity contribution in [1.82, 2.24) is 5.32 Å². The van der Waals surface area contributed by atoms with Crippen molar-refractivity contribution in [2.24, 2.45) is 0 Å². The summed E-state index contributed by atoms with van der Waals surface area (Å²) in [5.41, 5.74) is 0. The molecule has 5 nitrogen and oxygen atoms in total. The Bertz CT molecular complexity index is 535. The molecule has 2 N–H and O–H groups in total. The first kappa shape index (κ1) is 13.5. The van der Waals surface area contributed by atoms with E-state index in [0.29, 0.717) is 17.8 Å². The van der Waals surface area contributed by atoms with Crippen molar-refractivity contribution in [3.63, 3.8) is 0 Å². The minimum absolute atomic E-state index is 0.0147. The molecule has 0 saturated carbocycles. The van der Waals surface area contributed by atoms with E-state index in [9.17, 15) is 13.2 Å². The summed E-state index contributed by atoms with van der Waals surface area (Å²) in [6.07, 6.45) is 1.56. The van der Waals surface area contributed by atoms with Gasteiger partial charge in [-0.1, -0.05) is 0 Å². The highest BCUT2D eigenvalue weighted by Gasteiger charge is 2.24. The number of carboxylic acid groups (broad SMARTS) is 1. The van der Waals surface area contributed by atoms with E-state index in [-0.39, 0.29) is 17.5 Å². The lowest BCUT2D eigenvalue weighted by molar-refractivity contribution is 0.0702. The van der Waals surface area contributed by atoms with Crippen molar-refractivity contribution in [1.29, 1.82) is 0 Å². The van der Waals surface area contributed by atoms with Crippen molar-refractivity contribution < 1.29 is 18.3 Å². The monoisotopic (exact) mass is 289 g/mol. The Balaban J connectivity index is 1.89. The zero-order valence-electron chi connectivity index (χ0n) is 9.76. The Morgan fingerprint density at radius 1 is 1.50 bits per heavy atom. The first-order valence-corrected chi connectivity index (χ1v) is 8.36. The molecule has 2 heterocycles. The molecule has 1 saturated heterocycles. The van der Waals surface area contributed by atoms with E-state index >= 15 is 0 Å². The van der Waals surface area contributed by atoms with Crippen LogP contribution in [0.15, 0.2) is 12.1 Å². The molecule has 1 aromatic rings. The number of nitrogens with one attached hydrogen (secondary N) is 1. The van der Waals surface area contributed by atoms with E-state index in [2.05, 4.69) is 5.32 Å². The lowest BCUT2D eigenvalue weighted by Crippen LogP contribution is -2.39. The van der Waals surface area contributed by atoms with Crippen LogP contribution in [0.4, 0.5) is 0 Å². The van der Waals surface area contributed by atoms with Gasteiger partial charge in [-0.25, -0.2) is 13.2 Å². The maximum absolute atomic E-state index is 11.5. The van der Waals surface area contributed by atoms with Gasteiger partial charge in [0.2, 0.25) is 0 Å². The second-order valence-electron chi connectivity index (χ2n) is 4.41. The molecule has 1 unspecified atom stereocenters. The summed E-state index contributed by atoms with van der Waals surface area (Å²) >= 11 is 1.22. The number of aromatic carboxylic acids is 1. The normalized spacial score (nSPS) is 22.8. The van der Waals surface area contributed by atoms with Crippen LogP contribution < -0.4 is 5.32 Å². The van der Waals surface area contributed by atoms with Gasteiger partial charge in [-0.05, 0) is 25.0 Å². The van der Waals surface area contributed by atoms with E-state index in [4.69, 9.17) is 5.11 Å². The molecule has 0 aromatic carbocycles. The minimum Gasteiger partial charge on any atom is -0.477 e. The van der Waals surface area contributed by atoms with Gasteiger partial charge in [0.05, 0.1) is 11.5 Å². The highest BCUT2D eigenvalue weighted by Crippen LogP contribution is 2.18. The van der Waals surface area contributed by atoms with Crippen molar-refractivity contribution in [2.75, 3.05) is 11.5 Å². The van der Waals surface area contributed by atoms with Gasteiger partial charge in [0.1, 0.15) is 4.88 Å². The third kappa shape index (κ3) is 3.54. The largest absolute Gasteiger partial charge is 0.477 e. The first-order chi connectivity index (χ1) is 8.46. The van der Waals surface area contributed by atoms with Crippen LogP contribution in [0.5, 0.6) is 0 Å². The number of rotatable bonds is 4. The van der Waals surface area contributed by atoms with E-state index in [1.165, 1.54) is 11.3 Å². The Kier molecular flexibility index (Phi) is 4.04. The summed E-state index contributed by atoms with van der Waals surface area (Å²) in [4.78, 5) is 11.9. The van der Waals surface area contributed by atoms with Gasteiger partial charge in [0.15, 0.2) is 9.84 Å². The molecular formula is C11H15NO4S2. The van der Waals surface area contributed by atoms with Crippen LogP contribution in [0.25, 0.3) is 0 Å². The van der Waals surface area contributed by atoms with Gasteiger partial charge in [-0.3, -0.25) is 0 Å². The summed E-state index contributed by atoms with van der Waals surface area (Å²) in [7, 11) is -2.90. The zero-order chi connectivity index (χ0) is 13.2. The van der Waals surface area contributed by atoms with E-state index in [1.54, 1.807) is 12.1 Å². The lowest BCUT2D eigenvalue weighted by Gasteiger charge is -2.22. The summed E-state index contributed by atoms with van der Waals surface area (Å²) in [5.74, 6) is -0.455. The standard InChI is InChI=1S/C11H15NO4S2/c13-11(14)10-4-3-9(17-10)6-12-8-2-1-5-18(15,16)7-8/h3-4,8,12H,1-2,5-7H2,(H,13,14). The third-order valence-electron chi connectivity index (χ3n) is 2.90. The predicted octanol–water partition coefficient (Wildman–Crippen LogP) is 1.11. The minimum atomic E-state index is -2.90. The predicted molar refractivity (Wildman–Crippen MR) is 69.8 cm³/mol. The van der Waals surface area contributed by atoms with Crippen molar-refractivity contribution in [3.05, 3.63) is 21.9 Å². The van der Waals surface area contributed by atoms with Crippen molar-refractivity contribution >= 4 is 27.1 Å². The van der Waals surface area contributed by atoms with Gasteiger partial charge in [0.25, 0.3) is 0 Å². The molecule has 0 bridgehead atoms. The number of carboxylic acids is 1. The molecular weight excluding hydrogens is 274 g/mol. The highest BCUT2D eigenvalue weighted by molar-refractivity contribution is 7.91. The fourth-order valence-corrected chi connectivity index (χ4v) is 4.48. The number of thiophene rings is 1. The maximum Gasteiger partial charge on any atom is 0.345 e. The number of sulfone groups is 1. The fourth-order valence-electron chi connectivity index (χ4n) is 2.02. The Hall–Kier alpha value is -0.920. The van der Waals surface area contributed by atoms with Gasteiger partial charge in [-0.2, -0.15) is 0 Å². The van der Waals surface area contributed by atoms with Gasteiger partial charge in [0, 0.05) is 17.5 Å². The van der Waals surface area contributed by atoms with E-state index in [0.717, 1.165) is 11.3 Å². The SMILES string of the molecule is O=C(O)c1ccc(CNC2CCCS(=O)(=O)C2)s1. The molecule has 1 aliphatic heterocycles. The zero-order valence-corrected chi connectivity index (χ0v) is 11.4. The molecule has 0 aliphatic carbocycles. The summed E-state index contributed by atoms with van der Waals surface area (Å²) in [6.45, 7) is 0.526. The van der Waals surface area contributed by atoms with Crippen molar-refractivity contribution in [2.45, 2.75) is 25.4 Å². The molecule has 1 aromatic heterocycles. The average molecular weight is 289 g/mol. The van der Waals surface area contributed by atoms with E-state index in [1.807, 2.05) is 0 Å². The highest BCUT2D eigenvalue weighted by atomic mass is 32.2. The molecule has 18 heavy (non-hydrogen) atoms. The second-order valence-corrected chi connectivity index (χ2v) is 7.80. The van der Waals surface area contributed by atoms with Crippen LogP contribution in [0.3, 0.4) is 0 Å². The first-order valence-electron chi connectivity index (χ1n) is 5.72. The molecule has 0 spiro atoms. The van der Waals surface area contributed by atoms with Crippen LogP contribution in [-0.4, -0.2) is 37.0 Å². The molecule has 100 valence electrons. The molecule has 1 aliphatic rings. The Labute approximate surface area is 110 Å². The molecule has 0 radical (unpaired) electrons. The Morgan fingerprint density at radius 3 is 2.89 bits per heavy atom. The van der Waals surface area contributed by atoms with Gasteiger partial charge >= 0.3 is 5.97 Å². The van der Waals surface area contributed by atoms with Crippen LogP contribution in [-0.2, 0) is 16.4 Å². The van der Waals surface area contributed by atoms with Crippen LogP contribution >= 0.6 is 11.3 Å². The molecule has 0 amide bonds. The van der Waals surface area contributed by atoms with Crippen LogP contribution in [0, 0.1) is 0 Å². The summed E-state index contributed by atoms with van der Waals surface area (Å²) < 4.78 is 22.9. The van der Waals surface area contributed by atoms with Gasteiger partial charge in [-0.15, -0.1) is 11.3 Å². The summed E-state index contributed by atoms with van der Waals surface area (Å²) in [5, 5.41) is 12.0. The average Bonchev–Trinajstić information content (AvgIpc) is 2.74. The van der Waals surface area contributed by atoms with Crippen LogP contribution in [0.1, 0.15) is 27.4 Å². The smallest absolute Gasteiger partial charge is 0.345 e. The third-order valence-corrected chi connectivity index (χ3v) is 5.79.